The van der Waals surface area contributed by atoms with Gasteiger partial charge in [0.05, 0.1) is 12.7 Å². The number of anilines is 1. The molecule has 15 heavy (non-hydrogen) atoms. The zero-order valence-electron chi connectivity index (χ0n) is 7.79. The number of carbonyl (C=O) groups is 1. The van der Waals surface area contributed by atoms with E-state index in [0.29, 0.717) is 5.82 Å². The molecule has 1 heterocycles. The number of nitrogens with zero attached hydrogens (tertiary/aromatic N) is 2. The van der Waals surface area contributed by atoms with Gasteiger partial charge >= 0.3 is 5.97 Å². The molecule has 0 aromatic carbocycles. The van der Waals surface area contributed by atoms with Gasteiger partial charge in [-0.2, -0.15) is 0 Å². The van der Waals surface area contributed by atoms with Crippen LogP contribution in [-0.4, -0.2) is 50.7 Å². The van der Waals surface area contributed by atoms with Gasteiger partial charge in [-0.15, -0.1) is 10.2 Å². The average molecular weight is 213 g/mol. The fourth-order valence-corrected chi connectivity index (χ4v) is 0.828. The van der Waals surface area contributed by atoms with Crippen molar-refractivity contribution in [2.75, 3.05) is 18.5 Å². The van der Waals surface area contributed by atoms with Crippen molar-refractivity contribution in [2.24, 2.45) is 0 Å². The van der Waals surface area contributed by atoms with Crippen LogP contribution in [0.25, 0.3) is 0 Å². The molecule has 1 aromatic heterocycles. The van der Waals surface area contributed by atoms with E-state index in [1.165, 1.54) is 12.1 Å². The maximum absolute atomic E-state index is 10.4. The molecule has 0 bridgehead atoms. The lowest BCUT2D eigenvalue weighted by Gasteiger charge is -2.08. The second-order valence-electron chi connectivity index (χ2n) is 2.83. The van der Waals surface area contributed by atoms with E-state index < -0.39 is 12.1 Å². The second kappa shape index (κ2) is 5.23. The second-order valence-corrected chi connectivity index (χ2v) is 2.83. The number of aliphatic hydroxyl groups excluding tert-OH is 2. The molecule has 1 unspecified atom stereocenters. The lowest BCUT2D eigenvalue weighted by Crippen LogP contribution is -2.23. The molecule has 4 N–H and O–H groups in total. The van der Waals surface area contributed by atoms with Crippen molar-refractivity contribution in [3.05, 3.63) is 17.8 Å². The standard InChI is InChI=1S/C8H11N3O4/c12-4-5(13)3-9-7-2-1-6(8(14)15)10-11-7/h1-2,5,12-13H,3-4H2,(H,9,11)(H,14,15). The number of aromatic carboxylic acids is 1. The van der Waals surface area contributed by atoms with Gasteiger partial charge in [0.15, 0.2) is 5.69 Å². The van der Waals surface area contributed by atoms with Crippen LogP contribution >= 0.6 is 0 Å². The van der Waals surface area contributed by atoms with Gasteiger partial charge < -0.3 is 20.6 Å². The van der Waals surface area contributed by atoms with Gasteiger partial charge in [-0.3, -0.25) is 0 Å². The van der Waals surface area contributed by atoms with Crippen molar-refractivity contribution in [1.29, 1.82) is 0 Å². The van der Waals surface area contributed by atoms with Crippen molar-refractivity contribution < 1.29 is 20.1 Å². The van der Waals surface area contributed by atoms with Gasteiger partial charge in [0.1, 0.15) is 5.82 Å². The highest BCUT2D eigenvalue weighted by atomic mass is 16.4. The molecular formula is C8H11N3O4. The van der Waals surface area contributed by atoms with Crippen molar-refractivity contribution in [2.45, 2.75) is 6.10 Å². The maximum Gasteiger partial charge on any atom is 0.356 e. The minimum atomic E-state index is -1.15. The van der Waals surface area contributed by atoms with E-state index in [0.717, 1.165) is 0 Å². The fourth-order valence-electron chi connectivity index (χ4n) is 0.828. The van der Waals surface area contributed by atoms with Crippen LogP contribution in [0.4, 0.5) is 5.82 Å². The van der Waals surface area contributed by atoms with Crippen LogP contribution in [0.3, 0.4) is 0 Å². The minimum Gasteiger partial charge on any atom is -0.476 e. The van der Waals surface area contributed by atoms with Gasteiger partial charge in [0.2, 0.25) is 0 Å². The predicted octanol–water partition coefficient (Wildman–Crippen LogP) is -1.06. The molecule has 0 radical (unpaired) electrons. The largest absolute Gasteiger partial charge is 0.476 e. The minimum absolute atomic E-state index is 0.123. The maximum atomic E-state index is 10.4. The Labute approximate surface area is 85.4 Å². The van der Waals surface area contributed by atoms with Gasteiger partial charge in [-0.25, -0.2) is 4.79 Å². The number of aromatic nitrogens is 2. The summed E-state index contributed by atoms with van der Waals surface area (Å²) in [5.41, 5.74) is -0.150. The van der Waals surface area contributed by atoms with Crippen LogP contribution in [0.2, 0.25) is 0 Å². The Morgan fingerprint density at radius 3 is 2.67 bits per heavy atom. The van der Waals surface area contributed by atoms with E-state index in [-0.39, 0.29) is 18.8 Å². The summed E-state index contributed by atoms with van der Waals surface area (Å²) in [4.78, 5) is 10.4. The molecule has 1 rings (SSSR count). The highest BCUT2D eigenvalue weighted by Crippen LogP contribution is 2.01. The first-order valence-electron chi connectivity index (χ1n) is 4.23. The van der Waals surface area contributed by atoms with Crippen LogP contribution in [0.15, 0.2) is 12.1 Å². The van der Waals surface area contributed by atoms with Crippen LogP contribution in [0.1, 0.15) is 10.5 Å². The molecule has 0 fully saturated rings. The summed E-state index contributed by atoms with van der Waals surface area (Å²) >= 11 is 0. The first kappa shape index (κ1) is 11.3. The van der Waals surface area contributed by atoms with E-state index in [9.17, 15) is 4.79 Å². The van der Waals surface area contributed by atoms with Crippen LogP contribution < -0.4 is 5.32 Å². The first-order valence-corrected chi connectivity index (χ1v) is 4.23. The first-order chi connectivity index (χ1) is 7.13. The predicted molar refractivity (Wildman–Crippen MR) is 50.6 cm³/mol. The molecule has 82 valence electrons. The highest BCUT2D eigenvalue weighted by Gasteiger charge is 2.06. The van der Waals surface area contributed by atoms with E-state index >= 15 is 0 Å². The molecule has 7 nitrogen and oxygen atoms in total. The summed E-state index contributed by atoms with van der Waals surface area (Å²) in [6, 6.07) is 2.73. The van der Waals surface area contributed by atoms with Crippen LogP contribution in [0.5, 0.6) is 0 Å². The summed E-state index contributed by atoms with van der Waals surface area (Å²) in [6.45, 7) is -0.231. The number of rotatable bonds is 5. The lowest BCUT2D eigenvalue weighted by atomic mass is 10.3. The highest BCUT2D eigenvalue weighted by molar-refractivity contribution is 5.85. The van der Waals surface area contributed by atoms with Gasteiger partial charge in [-0.1, -0.05) is 0 Å². The number of nitrogens with one attached hydrogen (secondary N) is 1. The summed E-state index contributed by atoms with van der Waals surface area (Å²) < 4.78 is 0. The Morgan fingerprint density at radius 2 is 2.20 bits per heavy atom. The number of aliphatic hydroxyl groups is 2. The summed E-state index contributed by atoms with van der Waals surface area (Å²) in [6.07, 6.45) is -0.883. The van der Waals surface area contributed by atoms with Crippen LogP contribution in [-0.2, 0) is 0 Å². The van der Waals surface area contributed by atoms with Crippen molar-refractivity contribution >= 4 is 11.8 Å². The molecule has 0 saturated carbocycles. The Kier molecular flexibility index (Phi) is 3.95. The van der Waals surface area contributed by atoms with Crippen LogP contribution in [0, 0.1) is 0 Å². The molecule has 0 aliphatic heterocycles. The third kappa shape index (κ3) is 3.49. The Hall–Kier alpha value is -1.73. The van der Waals surface area contributed by atoms with Gasteiger partial charge in [0, 0.05) is 6.54 Å². The van der Waals surface area contributed by atoms with E-state index in [4.69, 9.17) is 15.3 Å². The quantitative estimate of drug-likeness (QED) is 0.492. The SMILES string of the molecule is O=C(O)c1ccc(NCC(O)CO)nn1. The zero-order valence-corrected chi connectivity index (χ0v) is 7.79. The lowest BCUT2D eigenvalue weighted by molar-refractivity contribution is 0.0689. The fraction of sp³-hybridized carbons (Fsp3) is 0.375. The molecule has 1 atom stereocenters. The summed E-state index contributed by atoms with van der Waals surface area (Å²) in [5, 5.41) is 35.8. The van der Waals surface area contributed by atoms with Crippen molar-refractivity contribution in [1.82, 2.24) is 10.2 Å². The monoisotopic (exact) mass is 213 g/mol. The smallest absolute Gasteiger partial charge is 0.356 e. The Balaban J connectivity index is 2.53. The Bertz CT molecular complexity index is 327. The molecule has 0 amide bonds. The Morgan fingerprint density at radius 1 is 1.47 bits per heavy atom. The molecule has 7 heteroatoms. The van der Waals surface area contributed by atoms with Gasteiger partial charge in [-0.05, 0) is 12.1 Å². The number of carboxylic acids is 1. The molecule has 0 aliphatic rings. The summed E-state index contributed by atoms with van der Waals surface area (Å²) in [5.74, 6) is -0.808. The summed E-state index contributed by atoms with van der Waals surface area (Å²) in [7, 11) is 0. The topological polar surface area (TPSA) is 116 Å². The number of carboxylic acid groups (broad SMARTS) is 1. The number of hydrogen-bond acceptors (Lipinski definition) is 6. The van der Waals surface area contributed by atoms with Gasteiger partial charge in [0.25, 0.3) is 0 Å². The molecular weight excluding hydrogens is 202 g/mol. The molecule has 0 saturated heterocycles. The van der Waals surface area contributed by atoms with E-state index in [2.05, 4.69) is 15.5 Å². The number of hydrogen-bond donors (Lipinski definition) is 4. The molecule has 0 spiro atoms. The van der Waals surface area contributed by atoms with E-state index in [1.807, 2.05) is 0 Å². The normalized spacial score (nSPS) is 12.1. The molecule has 1 aromatic rings. The third-order valence-corrected chi connectivity index (χ3v) is 1.61. The zero-order chi connectivity index (χ0) is 11.3. The van der Waals surface area contributed by atoms with Crippen molar-refractivity contribution in [3.8, 4) is 0 Å². The van der Waals surface area contributed by atoms with Crippen molar-refractivity contribution in [3.63, 3.8) is 0 Å². The molecule has 0 aliphatic carbocycles. The van der Waals surface area contributed by atoms with E-state index in [1.54, 1.807) is 0 Å². The third-order valence-electron chi connectivity index (χ3n) is 1.61. The average Bonchev–Trinajstić information content (AvgIpc) is 2.26.